The molecule has 1 saturated heterocycles. The van der Waals surface area contributed by atoms with Crippen molar-refractivity contribution in [2.24, 2.45) is 5.41 Å². The number of nitriles is 1. The highest BCUT2D eigenvalue weighted by molar-refractivity contribution is 6.30. The third-order valence-electron chi connectivity index (χ3n) is 5.83. The number of aromatic nitrogens is 1. The predicted octanol–water partition coefficient (Wildman–Crippen LogP) is 6.05. The summed E-state index contributed by atoms with van der Waals surface area (Å²) in [4.78, 5) is 17.7. The van der Waals surface area contributed by atoms with E-state index in [2.05, 4.69) is 37.1 Å². The highest BCUT2D eigenvalue weighted by atomic mass is 35.5. The van der Waals surface area contributed by atoms with Gasteiger partial charge in [-0.15, -0.1) is 0 Å². The SMILES string of the molecule is CC(C)(C)CC1NC(C(=O)OC(C)(C)C)C(c2cccc(Cl)c2)C1(C#N)c1ccc(Cl)nc1. The lowest BCUT2D eigenvalue weighted by Gasteiger charge is -2.37. The van der Waals surface area contributed by atoms with E-state index in [-0.39, 0.29) is 11.5 Å². The van der Waals surface area contributed by atoms with Crippen LogP contribution in [0.5, 0.6) is 0 Å². The molecule has 1 N–H and O–H groups in total. The second-order valence-corrected chi connectivity index (χ2v) is 11.7. The highest BCUT2D eigenvalue weighted by Crippen LogP contribution is 2.51. The lowest BCUT2D eigenvalue weighted by Crippen LogP contribution is -2.44. The lowest BCUT2D eigenvalue weighted by molar-refractivity contribution is -0.157. The van der Waals surface area contributed by atoms with E-state index in [4.69, 9.17) is 27.9 Å². The third-order valence-corrected chi connectivity index (χ3v) is 6.29. The zero-order valence-electron chi connectivity index (χ0n) is 19.9. The van der Waals surface area contributed by atoms with E-state index in [0.717, 1.165) is 5.56 Å². The van der Waals surface area contributed by atoms with Gasteiger partial charge in [0.15, 0.2) is 0 Å². The number of nitrogens with zero attached hydrogens (tertiary/aromatic N) is 2. The van der Waals surface area contributed by atoms with Crippen molar-refractivity contribution in [1.82, 2.24) is 10.3 Å². The zero-order chi connectivity index (χ0) is 24.6. The van der Waals surface area contributed by atoms with E-state index < -0.39 is 28.9 Å². The largest absolute Gasteiger partial charge is 0.459 e. The second kappa shape index (κ2) is 9.25. The first-order valence-electron chi connectivity index (χ1n) is 11.0. The number of nitrogens with one attached hydrogen (secondary N) is 1. The van der Waals surface area contributed by atoms with Gasteiger partial charge in [-0.05, 0) is 61.9 Å². The average Bonchev–Trinajstić information content (AvgIpc) is 3.00. The van der Waals surface area contributed by atoms with Crippen LogP contribution in [-0.4, -0.2) is 28.6 Å². The van der Waals surface area contributed by atoms with Gasteiger partial charge in [-0.25, -0.2) is 4.98 Å². The van der Waals surface area contributed by atoms with Gasteiger partial charge in [-0.1, -0.05) is 62.2 Å². The minimum Gasteiger partial charge on any atom is -0.459 e. The molecule has 0 saturated carbocycles. The van der Waals surface area contributed by atoms with Crippen LogP contribution in [0, 0.1) is 16.7 Å². The maximum absolute atomic E-state index is 13.5. The van der Waals surface area contributed by atoms with Crippen molar-refractivity contribution in [2.45, 2.75) is 77.0 Å². The topological polar surface area (TPSA) is 75.0 Å². The van der Waals surface area contributed by atoms with E-state index in [1.54, 1.807) is 18.3 Å². The first-order valence-corrected chi connectivity index (χ1v) is 11.8. The second-order valence-electron chi connectivity index (χ2n) is 10.9. The van der Waals surface area contributed by atoms with Crippen LogP contribution < -0.4 is 5.32 Å². The standard InChI is InChI=1S/C26H31Cl2N3O2/c1-24(2,3)13-19-26(15-29,17-10-11-20(28)30-14-17)21(16-8-7-9-18(27)12-16)22(31-19)23(32)33-25(4,5)6/h7-12,14,19,21-22,31H,13H2,1-6H3. The Hall–Kier alpha value is -2.13. The molecule has 0 bridgehead atoms. The summed E-state index contributed by atoms with van der Waals surface area (Å²) in [6.45, 7) is 11.9. The van der Waals surface area contributed by atoms with E-state index >= 15 is 0 Å². The van der Waals surface area contributed by atoms with Gasteiger partial charge in [0.05, 0.1) is 6.07 Å². The monoisotopic (exact) mass is 487 g/mol. The maximum atomic E-state index is 13.5. The Morgan fingerprint density at radius 3 is 2.39 bits per heavy atom. The molecule has 0 spiro atoms. The fourth-order valence-corrected chi connectivity index (χ4v) is 5.00. The number of hydrogen-bond donors (Lipinski definition) is 1. The lowest BCUT2D eigenvalue weighted by atomic mass is 9.63. The molecule has 1 fully saturated rings. The number of pyridine rings is 1. The van der Waals surface area contributed by atoms with Crippen molar-refractivity contribution in [3.8, 4) is 6.07 Å². The van der Waals surface area contributed by atoms with Crippen molar-refractivity contribution in [2.75, 3.05) is 0 Å². The Kier molecular flexibility index (Phi) is 7.15. The quantitative estimate of drug-likeness (QED) is 0.419. The molecule has 4 atom stereocenters. The van der Waals surface area contributed by atoms with Crippen molar-refractivity contribution >= 4 is 29.2 Å². The summed E-state index contributed by atoms with van der Waals surface area (Å²) in [5, 5.41) is 15.2. The predicted molar refractivity (Wildman–Crippen MR) is 131 cm³/mol. The minimum absolute atomic E-state index is 0.110. The normalized spacial score (nSPS) is 25.5. The van der Waals surface area contributed by atoms with Gasteiger partial charge in [0.2, 0.25) is 0 Å². The molecule has 1 aromatic heterocycles. The maximum Gasteiger partial charge on any atom is 0.324 e. The number of carbonyl (C=O) groups excluding carboxylic acids is 1. The molecule has 0 aliphatic carbocycles. The van der Waals surface area contributed by atoms with E-state index in [0.29, 0.717) is 22.2 Å². The number of hydrogen-bond acceptors (Lipinski definition) is 5. The molecule has 2 aromatic rings. The first-order chi connectivity index (χ1) is 15.3. The number of esters is 1. The van der Waals surface area contributed by atoms with E-state index in [1.807, 2.05) is 45.0 Å². The Balaban J connectivity index is 2.27. The summed E-state index contributed by atoms with van der Waals surface area (Å²) in [6.07, 6.45) is 2.29. The Morgan fingerprint density at radius 2 is 1.88 bits per heavy atom. The molecule has 0 radical (unpaired) electrons. The van der Waals surface area contributed by atoms with Gasteiger partial charge < -0.3 is 4.74 Å². The molecule has 4 unspecified atom stereocenters. The molecular formula is C26H31Cl2N3O2. The molecular weight excluding hydrogens is 457 g/mol. The third kappa shape index (κ3) is 5.51. The summed E-state index contributed by atoms with van der Waals surface area (Å²) < 4.78 is 5.79. The molecule has 1 aromatic carbocycles. The summed E-state index contributed by atoms with van der Waals surface area (Å²) >= 11 is 12.4. The molecule has 3 rings (SSSR count). The van der Waals surface area contributed by atoms with Crippen molar-refractivity contribution < 1.29 is 9.53 Å². The van der Waals surface area contributed by atoms with Gasteiger partial charge in [-0.2, -0.15) is 5.26 Å². The smallest absolute Gasteiger partial charge is 0.324 e. The van der Waals surface area contributed by atoms with Crippen LogP contribution >= 0.6 is 23.2 Å². The fourth-order valence-electron chi connectivity index (χ4n) is 4.69. The first kappa shape index (κ1) is 25.5. The molecule has 1 aliphatic rings. The molecule has 0 amide bonds. The van der Waals surface area contributed by atoms with Gasteiger partial charge in [0, 0.05) is 23.2 Å². The van der Waals surface area contributed by atoms with Crippen LogP contribution in [0.4, 0.5) is 0 Å². The number of halogens is 2. The number of ether oxygens (including phenoxy) is 1. The Morgan fingerprint density at radius 1 is 1.18 bits per heavy atom. The Bertz CT molecular complexity index is 1050. The zero-order valence-corrected chi connectivity index (χ0v) is 21.5. The minimum atomic E-state index is -1.10. The van der Waals surface area contributed by atoms with Gasteiger partial charge in [0.1, 0.15) is 22.2 Å². The average molecular weight is 488 g/mol. The fraction of sp³-hybridized carbons (Fsp3) is 0.500. The summed E-state index contributed by atoms with van der Waals surface area (Å²) in [7, 11) is 0. The number of carbonyl (C=O) groups is 1. The van der Waals surface area contributed by atoms with Crippen LogP contribution in [0.2, 0.25) is 10.2 Å². The van der Waals surface area contributed by atoms with Crippen molar-refractivity contribution in [1.29, 1.82) is 5.26 Å². The molecule has 5 nitrogen and oxygen atoms in total. The summed E-state index contributed by atoms with van der Waals surface area (Å²) in [6, 6.07) is 12.4. The molecule has 1 aliphatic heterocycles. The van der Waals surface area contributed by atoms with Crippen molar-refractivity contribution in [3.63, 3.8) is 0 Å². The highest BCUT2D eigenvalue weighted by Gasteiger charge is 2.60. The van der Waals surface area contributed by atoms with Crippen molar-refractivity contribution in [3.05, 3.63) is 63.9 Å². The van der Waals surface area contributed by atoms with Crippen LogP contribution in [0.1, 0.15) is 65.0 Å². The molecule has 176 valence electrons. The van der Waals surface area contributed by atoms with E-state index in [1.165, 1.54) is 0 Å². The van der Waals surface area contributed by atoms with Crippen LogP contribution in [0.3, 0.4) is 0 Å². The van der Waals surface area contributed by atoms with Gasteiger partial charge in [-0.3, -0.25) is 10.1 Å². The number of benzene rings is 1. The summed E-state index contributed by atoms with van der Waals surface area (Å²) in [5.74, 6) is -0.947. The molecule has 7 heteroatoms. The van der Waals surface area contributed by atoms with Gasteiger partial charge >= 0.3 is 5.97 Å². The molecule has 2 heterocycles. The van der Waals surface area contributed by atoms with Crippen LogP contribution in [0.15, 0.2) is 42.6 Å². The Labute approximate surface area is 206 Å². The summed E-state index contributed by atoms with van der Waals surface area (Å²) in [5.41, 5.74) is -0.388. The van der Waals surface area contributed by atoms with E-state index in [9.17, 15) is 10.1 Å². The number of rotatable bonds is 4. The molecule has 33 heavy (non-hydrogen) atoms. The van der Waals surface area contributed by atoms with Gasteiger partial charge in [0.25, 0.3) is 0 Å². The van der Waals surface area contributed by atoms with Crippen LogP contribution in [-0.2, 0) is 14.9 Å². The van der Waals surface area contributed by atoms with Crippen LogP contribution in [0.25, 0.3) is 0 Å².